The number of nitrogens with one attached hydrogen (secondary N) is 1. The first-order chi connectivity index (χ1) is 10.1. The van der Waals surface area contributed by atoms with Gasteiger partial charge in [0, 0.05) is 12.6 Å². The van der Waals surface area contributed by atoms with Crippen molar-refractivity contribution in [3.63, 3.8) is 0 Å². The van der Waals surface area contributed by atoms with E-state index in [0.717, 1.165) is 11.1 Å². The van der Waals surface area contributed by atoms with Crippen molar-refractivity contribution in [3.05, 3.63) is 71.5 Å². The molecule has 0 aliphatic carbocycles. The van der Waals surface area contributed by atoms with Gasteiger partial charge in [0.25, 0.3) is 0 Å². The molecule has 0 radical (unpaired) electrons. The fourth-order valence-electron chi connectivity index (χ4n) is 2.19. The highest BCUT2D eigenvalue weighted by Gasteiger charge is 2.13. The summed E-state index contributed by atoms with van der Waals surface area (Å²) >= 11 is 0. The molecule has 0 bridgehead atoms. The maximum absolute atomic E-state index is 12.9. The monoisotopic (exact) mass is 287 g/mol. The second kappa shape index (κ2) is 7.55. The molecule has 4 heteroatoms. The van der Waals surface area contributed by atoms with Crippen LogP contribution in [0.4, 0.5) is 4.39 Å². The van der Waals surface area contributed by atoms with Crippen molar-refractivity contribution in [2.45, 2.75) is 25.4 Å². The van der Waals surface area contributed by atoms with Crippen LogP contribution in [0.2, 0.25) is 0 Å². The Morgan fingerprint density at radius 2 is 1.71 bits per heavy atom. The van der Waals surface area contributed by atoms with Crippen molar-refractivity contribution in [2.24, 2.45) is 0 Å². The molecule has 2 N–H and O–H groups in total. The van der Waals surface area contributed by atoms with E-state index in [1.54, 1.807) is 12.1 Å². The van der Waals surface area contributed by atoms with Crippen molar-refractivity contribution in [1.29, 1.82) is 0 Å². The molecule has 0 saturated carbocycles. The number of carbonyl (C=O) groups is 1. The van der Waals surface area contributed by atoms with Gasteiger partial charge in [-0.05, 0) is 29.7 Å². The minimum atomic E-state index is -0.845. The van der Waals surface area contributed by atoms with Crippen LogP contribution in [0.25, 0.3) is 0 Å². The van der Waals surface area contributed by atoms with Gasteiger partial charge in [-0.1, -0.05) is 42.5 Å². The van der Waals surface area contributed by atoms with Crippen LogP contribution in [0.1, 0.15) is 17.5 Å². The molecule has 1 atom stereocenters. The predicted molar refractivity (Wildman–Crippen MR) is 79.4 cm³/mol. The highest BCUT2D eigenvalue weighted by atomic mass is 19.1. The maximum atomic E-state index is 12.9. The Bertz CT molecular complexity index is 569. The zero-order chi connectivity index (χ0) is 15.1. The van der Waals surface area contributed by atoms with Crippen LogP contribution in [0.15, 0.2) is 54.6 Å². The highest BCUT2D eigenvalue weighted by Crippen LogP contribution is 2.09. The SMILES string of the molecule is O=C(O)CC(Cc1ccc(F)cc1)NCc1ccccc1. The molecule has 2 aromatic carbocycles. The molecule has 0 saturated heterocycles. The third-order valence-corrected chi connectivity index (χ3v) is 3.25. The standard InChI is InChI=1S/C17H18FNO2/c18-15-8-6-13(7-9-15)10-16(11-17(20)21)19-12-14-4-2-1-3-5-14/h1-9,16,19H,10-12H2,(H,20,21). The lowest BCUT2D eigenvalue weighted by Gasteiger charge is -2.17. The van der Waals surface area contributed by atoms with Gasteiger partial charge < -0.3 is 10.4 Å². The Morgan fingerprint density at radius 3 is 2.33 bits per heavy atom. The number of halogens is 1. The van der Waals surface area contributed by atoms with Gasteiger partial charge in [-0.3, -0.25) is 4.79 Å². The van der Waals surface area contributed by atoms with Gasteiger partial charge >= 0.3 is 5.97 Å². The number of benzene rings is 2. The van der Waals surface area contributed by atoms with Gasteiger partial charge in [-0.25, -0.2) is 4.39 Å². The quantitative estimate of drug-likeness (QED) is 0.823. The molecule has 0 heterocycles. The first-order valence-electron chi connectivity index (χ1n) is 6.87. The maximum Gasteiger partial charge on any atom is 0.304 e. The van der Waals surface area contributed by atoms with E-state index in [2.05, 4.69) is 5.32 Å². The summed E-state index contributed by atoms with van der Waals surface area (Å²) in [6.07, 6.45) is 0.587. The third kappa shape index (κ3) is 5.36. The van der Waals surface area contributed by atoms with E-state index >= 15 is 0 Å². The summed E-state index contributed by atoms with van der Waals surface area (Å²) in [7, 11) is 0. The van der Waals surface area contributed by atoms with Gasteiger partial charge in [0.15, 0.2) is 0 Å². The average molecular weight is 287 g/mol. The van der Waals surface area contributed by atoms with Crippen LogP contribution < -0.4 is 5.32 Å². The van der Waals surface area contributed by atoms with Gasteiger partial charge in [-0.15, -0.1) is 0 Å². The van der Waals surface area contributed by atoms with Crippen molar-refractivity contribution in [2.75, 3.05) is 0 Å². The van der Waals surface area contributed by atoms with Gasteiger partial charge in [-0.2, -0.15) is 0 Å². The van der Waals surface area contributed by atoms with E-state index in [1.807, 2.05) is 30.3 Å². The lowest BCUT2D eigenvalue weighted by atomic mass is 10.0. The number of aliphatic carboxylic acids is 1. The Labute approximate surface area is 123 Å². The Hall–Kier alpha value is -2.20. The lowest BCUT2D eigenvalue weighted by Crippen LogP contribution is -2.33. The molecule has 0 aliphatic heterocycles. The molecule has 0 fully saturated rings. The van der Waals surface area contributed by atoms with Crippen LogP contribution in [0, 0.1) is 5.82 Å². The lowest BCUT2D eigenvalue weighted by molar-refractivity contribution is -0.137. The van der Waals surface area contributed by atoms with Crippen molar-refractivity contribution in [3.8, 4) is 0 Å². The zero-order valence-electron chi connectivity index (χ0n) is 11.6. The van der Waals surface area contributed by atoms with E-state index in [4.69, 9.17) is 5.11 Å². The van der Waals surface area contributed by atoms with E-state index in [9.17, 15) is 9.18 Å². The molecular formula is C17H18FNO2. The third-order valence-electron chi connectivity index (χ3n) is 3.25. The predicted octanol–water partition coefficient (Wildman–Crippen LogP) is 3.00. The molecule has 21 heavy (non-hydrogen) atoms. The smallest absolute Gasteiger partial charge is 0.304 e. The van der Waals surface area contributed by atoms with E-state index in [0.29, 0.717) is 13.0 Å². The van der Waals surface area contributed by atoms with Crippen LogP contribution in [-0.4, -0.2) is 17.1 Å². The van der Waals surface area contributed by atoms with Gasteiger partial charge in [0.2, 0.25) is 0 Å². The first kappa shape index (κ1) is 15.2. The summed E-state index contributed by atoms with van der Waals surface area (Å²) < 4.78 is 12.9. The van der Waals surface area contributed by atoms with Gasteiger partial charge in [0.1, 0.15) is 5.82 Å². The minimum absolute atomic E-state index is 0.0320. The molecule has 0 aliphatic rings. The Morgan fingerprint density at radius 1 is 1.05 bits per heavy atom. The minimum Gasteiger partial charge on any atom is -0.481 e. The molecule has 2 rings (SSSR count). The molecule has 0 amide bonds. The number of carboxylic acid groups (broad SMARTS) is 1. The van der Waals surface area contributed by atoms with Crippen LogP contribution >= 0.6 is 0 Å². The number of carboxylic acids is 1. The second-order valence-electron chi connectivity index (χ2n) is 4.99. The highest BCUT2D eigenvalue weighted by molar-refractivity contribution is 5.67. The van der Waals surface area contributed by atoms with Gasteiger partial charge in [0.05, 0.1) is 6.42 Å². The summed E-state index contributed by atoms with van der Waals surface area (Å²) in [4.78, 5) is 11.0. The normalized spacial score (nSPS) is 12.0. The van der Waals surface area contributed by atoms with E-state index < -0.39 is 5.97 Å². The zero-order valence-corrected chi connectivity index (χ0v) is 11.6. The topological polar surface area (TPSA) is 49.3 Å². The largest absolute Gasteiger partial charge is 0.481 e. The molecule has 0 spiro atoms. The molecule has 3 nitrogen and oxygen atoms in total. The fraction of sp³-hybridized carbons (Fsp3) is 0.235. The first-order valence-corrected chi connectivity index (χ1v) is 6.87. The number of hydrogen-bond acceptors (Lipinski definition) is 2. The van der Waals surface area contributed by atoms with Crippen LogP contribution in [0.3, 0.4) is 0 Å². The van der Waals surface area contributed by atoms with Crippen molar-refractivity contribution < 1.29 is 14.3 Å². The Balaban J connectivity index is 1.97. The van der Waals surface area contributed by atoms with Crippen molar-refractivity contribution >= 4 is 5.97 Å². The summed E-state index contributed by atoms with van der Waals surface area (Å²) in [5.41, 5.74) is 2.02. The van der Waals surface area contributed by atoms with Crippen molar-refractivity contribution in [1.82, 2.24) is 5.32 Å². The van der Waals surface area contributed by atoms with Crippen LogP contribution in [-0.2, 0) is 17.8 Å². The molecule has 1 unspecified atom stereocenters. The average Bonchev–Trinajstić information content (AvgIpc) is 2.48. The molecule has 2 aromatic rings. The van der Waals surface area contributed by atoms with Crippen LogP contribution in [0.5, 0.6) is 0 Å². The summed E-state index contributed by atoms with van der Waals surface area (Å²) in [6.45, 7) is 0.611. The molecule has 110 valence electrons. The summed E-state index contributed by atoms with van der Waals surface area (Å²) in [6, 6.07) is 15.8. The number of rotatable bonds is 7. The summed E-state index contributed by atoms with van der Waals surface area (Å²) in [5.74, 6) is -1.13. The summed E-state index contributed by atoms with van der Waals surface area (Å²) in [5, 5.41) is 12.3. The van der Waals surface area contributed by atoms with E-state index in [1.165, 1.54) is 12.1 Å². The molecular weight excluding hydrogens is 269 g/mol. The number of hydrogen-bond donors (Lipinski definition) is 2. The Kier molecular flexibility index (Phi) is 5.46. The molecule has 0 aromatic heterocycles. The fourth-order valence-corrected chi connectivity index (χ4v) is 2.19. The second-order valence-corrected chi connectivity index (χ2v) is 4.99. The van der Waals surface area contributed by atoms with E-state index in [-0.39, 0.29) is 18.3 Å².